The Kier molecular flexibility index (Phi) is 6.65. The first-order chi connectivity index (χ1) is 9.34. The smallest absolute Gasteiger partial charge is 0.234 e. The second-order valence-corrected chi connectivity index (χ2v) is 5.82. The Hall–Kier alpha value is -0.610. The average Bonchev–Trinajstić information content (AvgIpc) is 2.92. The Morgan fingerprint density at radius 3 is 2.58 bits per heavy atom. The van der Waals surface area contributed by atoms with Crippen molar-refractivity contribution in [3.63, 3.8) is 0 Å². The SMILES string of the molecule is O=C(CN1CCCC1)NCCCOC1CCCCC1. The van der Waals surface area contributed by atoms with E-state index in [-0.39, 0.29) is 5.91 Å². The van der Waals surface area contributed by atoms with E-state index >= 15 is 0 Å². The van der Waals surface area contributed by atoms with Gasteiger partial charge in [0.25, 0.3) is 0 Å². The quantitative estimate of drug-likeness (QED) is 0.717. The molecule has 19 heavy (non-hydrogen) atoms. The summed E-state index contributed by atoms with van der Waals surface area (Å²) >= 11 is 0. The molecule has 1 aliphatic carbocycles. The molecular weight excluding hydrogens is 240 g/mol. The summed E-state index contributed by atoms with van der Waals surface area (Å²) in [5.74, 6) is 0.166. The van der Waals surface area contributed by atoms with Gasteiger partial charge in [-0.15, -0.1) is 0 Å². The van der Waals surface area contributed by atoms with Gasteiger partial charge < -0.3 is 10.1 Å². The lowest BCUT2D eigenvalue weighted by Gasteiger charge is -2.22. The van der Waals surface area contributed by atoms with Crippen LogP contribution in [0.25, 0.3) is 0 Å². The number of carbonyl (C=O) groups is 1. The van der Waals surface area contributed by atoms with Gasteiger partial charge in [0.15, 0.2) is 0 Å². The van der Waals surface area contributed by atoms with Gasteiger partial charge in [-0.05, 0) is 45.2 Å². The van der Waals surface area contributed by atoms with Gasteiger partial charge in [0.2, 0.25) is 5.91 Å². The molecule has 0 atom stereocenters. The molecule has 2 fully saturated rings. The zero-order valence-electron chi connectivity index (χ0n) is 12.0. The van der Waals surface area contributed by atoms with Crippen LogP contribution in [0.4, 0.5) is 0 Å². The number of ether oxygens (including phenoxy) is 1. The molecule has 2 aliphatic rings. The number of carbonyl (C=O) groups excluding carboxylic acids is 1. The van der Waals surface area contributed by atoms with Crippen molar-refractivity contribution in [1.82, 2.24) is 10.2 Å². The van der Waals surface area contributed by atoms with Crippen LogP contribution in [-0.4, -0.2) is 49.7 Å². The zero-order valence-corrected chi connectivity index (χ0v) is 12.0. The lowest BCUT2D eigenvalue weighted by atomic mass is 9.98. The second-order valence-electron chi connectivity index (χ2n) is 5.82. The summed E-state index contributed by atoms with van der Waals surface area (Å²) in [5, 5.41) is 2.99. The van der Waals surface area contributed by atoms with Crippen LogP contribution in [0.3, 0.4) is 0 Å². The van der Waals surface area contributed by atoms with E-state index in [1.54, 1.807) is 0 Å². The fourth-order valence-electron chi connectivity index (χ4n) is 2.98. The third kappa shape index (κ3) is 5.91. The second kappa shape index (κ2) is 8.54. The summed E-state index contributed by atoms with van der Waals surface area (Å²) in [5.41, 5.74) is 0. The largest absolute Gasteiger partial charge is 0.378 e. The van der Waals surface area contributed by atoms with Crippen molar-refractivity contribution in [3.05, 3.63) is 0 Å². The summed E-state index contributed by atoms with van der Waals surface area (Å²) in [4.78, 5) is 13.9. The average molecular weight is 268 g/mol. The van der Waals surface area contributed by atoms with Crippen LogP contribution in [0, 0.1) is 0 Å². The summed E-state index contributed by atoms with van der Waals surface area (Å²) < 4.78 is 5.84. The van der Waals surface area contributed by atoms with Crippen molar-refractivity contribution < 1.29 is 9.53 Å². The van der Waals surface area contributed by atoms with Crippen LogP contribution in [0.15, 0.2) is 0 Å². The minimum atomic E-state index is 0.166. The molecule has 1 saturated heterocycles. The molecule has 0 spiro atoms. The highest BCUT2D eigenvalue weighted by Crippen LogP contribution is 2.20. The summed E-state index contributed by atoms with van der Waals surface area (Å²) in [6, 6.07) is 0. The molecule has 1 amide bonds. The molecular formula is C15H28N2O2. The zero-order chi connectivity index (χ0) is 13.3. The third-order valence-corrected chi connectivity index (χ3v) is 4.11. The van der Waals surface area contributed by atoms with Gasteiger partial charge in [-0.1, -0.05) is 19.3 Å². The molecule has 0 bridgehead atoms. The topological polar surface area (TPSA) is 41.6 Å². The highest BCUT2D eigenvalue weighted by Gasteiger charge is 2.15. The van der Waals surface area contributed by atoms with Crippen LogP contribution in [0.2, 0.25) is 0 Å². The summed E-state index contributed by atoms with van der Waals surface area (Å²) in [6.45, 7) is 4.27. The van der Waals surface area contributed by atoms with E-state index in [1.165, 1.54) is 44.9 Å². The number of hydrogen-bond donors (Lipinski definition) is 1. The van der Waals surface area contributed by atoms with Crippen LogP contribution in [-0.2, 0) is 9.53 Å². The van der Waals surface area contributed by atoms with Crippen LogP contribution >= 0.6 is 0 Å². The van der Waals surface area contributed by atoms with Gasteiger partial charge >= 0.3 is 0 Å². The molecule has 1 saturated carbocycles. The minimum absolute atomic E-state index is 0.166. The van der Waals surface area contributed by atoms with E-state index in [9.17, 15) is 4.79 Å². The van der Waals surface area contributed by atoms with E-state index in [2.05, 4.69) is 10.2 Å². The van der Waals surface area contributed by atoms with Gasteiger partial charge in [-0.3, -0.25) is 9.69 Å². The maximum atomic E-state index is 11.7. The Labute approximate surface area is 116 Å². The molecule has 1 aliphatic heterocycles. The van der Waals surface area contributed by atoms with Crippen LogP contribution < -0.4 is 5.32 Å². The first kappa shape index (κ1) is 14.8. The number of nitrogens with one attached hydrogen (secondary N) is 1. The standard InChI is InChI=1S/C15H28N2O2/c18-15(13-17-10-4-5-11-17)16-9-6-12-19-14-7-2-1-3-8-14/h14H,1-13H2,(H,16,18). The van der Waals surface area contributed by atoms with Crippen LogP contribution in [0.1, 0.15) is 51.4 Å². The van der Waals surface area contributed by atoms with Crippen molar-refractivity contribution in [2.45, 2.75) is 57.5 Å². The fourth-order valence-corrected chi connectivity index (χ4v) is 2.98. The predicted molar refractivity (Wildman–Crippen MR) is 76.1 cm³/mol. The Morgan fingerprint density at radius 1 is 1.11 bits per heavy atom. The molecule has 0 aromatic rings. The van der Waals surface area contributed by atoms with E-state index in [0.717, 1.165) is 32.7 Å². The van der Waals surface area contributed by atoms with Gasteiger partial charge in [-0.25, -0.2) is 0 Å². The molecule has 0 radical (unpaired) electrons. The fraction of sp³-hybridized carbons (Fsp3) is 0.933. The molecule has 2 rings (SSSR count). The number of hydrogen-bond acceptors (Lipinski definition) is 3. The van der Waals surface area contributed by atoms with Gasteiger partial charge in [-0.2, -0.15) is 0 Å². The maximum Gasteiger partial charge on any atom is 0.234 e. The number of likely N-dealkylation sites (tertiary alicyclic amines) is 1. The van der Waals surface area contributed by atoms with E-state index in [0.29, 0.717) is 12.6 Å². The van der Waals surface area contributed by atoms with Crippen molar-refractivity contribution in [2.24, 2.45) is 0 Å². The molecule has 4 heteroatoms. The Balaban J connectivity index is 1.43. The van der Waals surface area contributed by atoms with Crippen molar-refractivity contribution in [1.29, 1.82) is 0 Å². The Bertz CT molecular complexity index is 259. The number of rotatable bonds is 7. The first-order valence-corrected chi connectivity index (χ1v) is 7.95. The molecule has 0 unspecified atom stereocenters. The van der Waals surface area contributed by atoms with E-state index < -0.39 is 0 Å². The molecule has 1 heterocycles. The van der Waals surface area contributed by atoms with E-state index in [1.807, 2.05) is 0 Å². The normalized spacial score (nSPS) is 21.7. The molecule has 0 aromatic heterocycles. The van der Waals surface area contributed by atoms with Crippen molar-refractivity contribution in [2.75, 3.05) is 32.8 Å². The third-order valence-electron chi connectivity index (χ3n) is 4.11. The highest BCUT2D eigenvalue weighted by atomic mass is 16.5. The maximum absolute atomic E-state index is 11.7. The lowest BCUT2D eigenvalue weighted by Crippen LogP contribution is -2.36. The van der Waals surface area contributed by atoms with Crippen molar-refractivity contribution in [3.8, 4) is 0 Å². The monoisotopic (exact) mass is 268 g/mol. The minimum Gasteiger partial charge on any atom is -0.378 e. The predicted octanol–water partition coefficient (Wildman–Crippen LogP) is 1.94. The van der Waals surface area contributed by atoms with E-state index in [4.69, 9.17) is 4.74 Å². The Morgan fingerprint density at radius 2 is 1.84 bits per heavy atom. The summed E-state index contributed by atoms with van der Waals surface area (Å²) in [7, 11) is 0. The number of nitrogens with zero attached hydrogens (tertiary/aromatic N) is 1. The molecule has 1 N–H and O–H groups in total. The lowest BCUT2D eigenvalue weighted by molar-refractivity contribution is -0.122. The number of amides is 1. The van der Waals surface area contributed by atoms with Gasteiger partial charge in [0.1, 0.15) is 0 Å². The molecule has 110 valence electrons. The van der Waals surface area contributed by atoms with Crippen molar-refractivity contribution >= 4 is 5.91 Å². The summed E-state index contributed by atoms with van der Waals surface area (Å²) in [6.07, 6.45) is 10.3. The molecule has 4 nitrogen and oxygen atoms in total. The first-order valence-electron chi connectivity index (χ1n) is 7.95. The highest BCUT2D eigenvalue weighted by molar-refractivity contribution is 5.77. The van der Waals surface area contributed by atoms with Gasteiger partial charge in [0.05, 0.1) is 12.6 Å². The van der Waals surface area contributed by atoms with Gasteiger partial charge in [0, 0.05) is 13.2 Å². The molecule has 0 aromatic carbocycles. The van der Waals surface area contributed by atoms with Crippen LogP contribution in [0.5, 0.6) is 0 Å².